The Labute approximate surface area is 101 Å². The van der Waals surface area contributed by atoms with Gasteiger partial charge in [-0.2, -0.15) is 0 Å². The van der Waals surface area contributed by atoms with Gasteiger partial charge < -0.3 is 5.32 Å². The molecule has 0 amide bonds. The Kier molecular flexibility index (Phi) is 3.91. The van der Waals surface area contributed by atoms with Crippen molar-refractivity contribution in [2.45, 2.75) is 65.1 Å². The molecule has 1 saturated carbocycles. The van der Waals surface area contributed by atoms with Crippen molar-refractivity contribution in [2.75, 3.05) is 13.1 Å². The largest absolute Gasteiger partial charge is 0.311 e. The average molecular weight is 224 g/mol. The van der Waals surface area contributed by atoms with Crippen molar-refractivity contribution in [2.24, 2.45) is 11.8 Å². The minimum atomic E-state index is 0.698. The van der Waals surface area contributed by atoms with Gasteiger partial charge in [0.2, 0.25) is 0 Å². The number of rotatable bonds is 2. The molecule has 1 N–H and O–H groups in total. The van der Waals surface area contributed by atoms with Gasteiger partial charge in [-0.3, -0.25) is 4.90 Å². The summed E-state index contributed by atoms with van der Waals surface area (Å²) in [6.07, 6.45) is 4.30. The van der Waals surface area contributed by atoms with E-state index in [9.17, 15) is 0 Å². The highest BCUT2D eigenvalue weighted by Crippen LogP contribution is 2.32. The number of nitrogens with zero attached hydrogens (tertiary/aromatic N) is 1. The van der Waals surface area contributed by atoms with Gasteiger partial charge >= 0.3 is 0 Å². The third-order valence-electron chi connectivity index (χ3n) is 4.70. The maximum absolute atomic E-state index is 3.69. The van der Waals surface area contributed by atoms with Crippen LogP contribution in [0, 0.1) is 11.8 Å². The lowest BCUT2D eigenvalue weighted by atomic mass is 9.95. The van der Waals surface area contributed by atoms with Gasteiger partial charge in [0.1, 0.15) is 0 Å². The van der Waals surface area contributed by atoms with E-state index in [1.54, 1.807) is 0 Å². The smallest absolute Gasteiger partial charge is 0.0218 e. The third-order valence-corrected chi connectivity index (χ3v) is 4.70. The van der Waals surface area contributed by atoms with Crippen LogP contribution in [0.25, 0.3) is 0 Å². The van der Waals surface area contributed by atoms with Gasteiger partial charge in [-0.25, -0.2) is 0 Å². The fourth-order valence-corrected chi connectivity index (χ4v) is 3.44. The van der Waals surface area contributed by atoms with Crippen LogP contribution in [-0.4, -0.2) is 36.1 Å². The van der Waals surface area contributed by atoms with Gasteiger partial charge in [0.25, 0.3) is 0 Å². The molecule has 2 fully saturated rings. The molecule has 1 aliphatic heterocycles. The highest BCUT2D eigenvalue weighted by Gasteiger charge is 2.35. The van der Waals surface area contributed by atoms with E-state index >= 15 is 0 Å². The first-order valence-corrected chi connectivity index (χ1v) is 7.08. The number of hydrogen-bond donors (Lipinski definition) is 1. The average Bonchev–Trinajstić information content (AvgIpc) is 2.65. The van der Waals surface area contributed by atoms with Crippen molar-refractivity contribution < 1.29 is 0 Å². The maximum Gasteiger partial charge on any atom is 0.0218 e. The highest BCUT2D eigenvalue weighted by molar-refractivity contribution is 4.92. The zero-order valence-electron chi connectivity index (χ0n) is 11.4. The van der Waals surface area contributed by atoms with Gasteiger partial charge in [0.15, 0.2) is 0 Å². The summed E-state index contributed by atoms with van der Waals surface area (Å²) in [7, 11) is 0. The van der Waals surface area contributed by atoms with Crippen molar-refractivity contribution in [1.29, 1.82) is 0 Å². The lowest BCUT2D eigenvalue weighted by Crippen LogP contribution is -2.60. The molecule has 4 atom stereocenters. The van der Waals surface area contributed by atoms with E-state index in [-0.39, 0.29) is 0 Å². The molecule has 2 nitrogen and oxygen atoms in total. The normalized spacial score (nSPS) is 41.8. The monoisotopic (exact) mass is 224 g/mol. The lowest BCUT2D eigenvalue weighted by Gasteiger charge is -2.45. The van der Waals surface area contributed by atoms with Crippen LogP contribution in [0.4, 0.5) is 0 Å². The number of nitrogens with one attached hydrogen (secondary N) is 1. The number of piperazine rings is 1. The Morgan fingerprint density at radius 3 is 2.50 bits per heavy atom. The highest BCUT2D eigenvalue weighted by atomic mass is 15.3. The first kappa shape index (κ1) is 12.4. The second-order valence-electron chi connectivity index (χ2n) is 6.28. The summed E-state index contributed by atoms with van der Waals surface area (Å²) < 4.78 is 0. The van der Waals surface area contributed by atoms with E-state index in [1.165, 1.54) is 32.4 Å². The molecule has 1 heterocycles. The van der Waals surface area contributed by atoms with E-state index < -0.39 is 0 Å². The summed E-state index contributed by atoms with van der Waals surface area (Å²) in [5.41, 5.74) is 0. The molecule has 1 saturated heterocycles. The molecular formula is C14H28N2. The summed E-state index contributed by atoms with van der Waals surface area (Å²) in [5, 5.41) is 3.69. The molecule has 0 bridgehead atoms. The van der Waals surface area contributed by atoms with Crippen molar-refractivity contribution in [3.05, 3.63) is 0 Å². The molecule has 2 heteroatoms. The first-order valence-electron chi connectivity index (χ1n) is 7.08. The second kappa shape index (κ2) is 5.05. The van der Waals surface area contributed by atoms with Crippen molar-refractivity contribution >= 4 is 0 Å². The summed E-state index contributed by atoms with van der Waals surface area (Å²) >= 11 is 0. The zero-order valence-corrected chi connectivity index (χ0v) is 11.4. The van der Waals surface area contributed by atoms with Crippen LogP contribution in [-0.2, 0) is 0 Å². The van der Waals surface area contributed by atoms with Crippen LogP contribution >= 0.6 is 0 Å². The Morgan fingerprint density at radius 2 is 1.94 bits per heavy atom. The molecule has 0 spiro atoms. The zero-order chi connectivity index (χ0) is 11.7. The topological polar surface area (TPSA) is 15.3 Å². The van der Waals surface area contributed by atoms with Crippen molar-refractivity contribution in [3.8, 4) is 0 Å². The third kappa shape index (κ3) is 2.43. The predicted octanol–water partition coefficient (Wildman–Crippen LogP) is 2.49. The molecule has 0 aromatic rings. The lowest BCUT2D eigenvalue weighted by molar-refractivity contribution is 0.0633. The van der Waals surface area contributed by atoms with E-state index in [0.717, 1.165) is 23.9 Å². The summed E-state index contributed by atoms with van der Waals surface area (Å²) in [6.45, 7) is 11.9. The Bertz CT molecular complexity index is 227. The van der Waals surface area contributed by atoms with E-state index in [1.807, 2.05) is 0 Å². The fourth-order valence-electron chi connectivity index (χ4n) is 3.44. The van der Waals surface area contributed by atoms with Crippen LogP contribution < -0.4 is 5.32 Å². The standard InChI is InChI=1S/C14H28N2/c1-10(2)13-9-16(12(4)8-15-13)14-7-5-6-11(14)3/h10-15H,5-9H2,1-4H3. The molecule has 0 aromatic heterocycles. The predicted molar refractivity (Wildman–Crippen MR) is 69.6 cm³/mol. The van der Waals surface area contributed by atoms with E-state index in [2.05, 4.69) is 37.9 Å². The van der Waals surface area contributed by atoms with Gasteiger partial charge in [-0.15, -0.1) is 0 Å². The molecule has 94 valence electrons. The fraction of sp³-hybridized carbons (Fsp3) is 1.00. The maximum atomic E-state index is 3.69. The van der Waals surface area contributed by atoms with Crippen LogP contribution in [0.2, 0.25) is 0 Å². The Morgan fingerprint density at radius 1 is 1.19 bits per heavy atom. The Hall–Kier alpha value is -0.0800. The minimum absolute atomic E-state index is 0.698. The molecule has 0 aromatic carbocycles. The Balaban J connectivity index is 2.00. The summed E-state index contributed by atoms with van der Waals surface area (Å²) in [5.74, 6) is 1.67. The number of hydrogen-bond acceptors (Lipinski definition) is 2. The van der Waals surface area contributed by atoms with E-state index in [4.69, 9.17) is 0 Å². The molecule has 2 aliphatic rings. The molecule has 2 rings (SSSR count). The van der Waals surface area contributed by atoms with Crippen LogP contribution in [0.15, 0.2) is 0 Å². The SMILES string of the molecule is CC(C)C1CN(C2CCCC2C)C(C)CN1. The summed E-state index contributed by atoms with van der Waals surface area (Å²) in [4.78, 5) is 2.79. The van der Waals surface area contributed by atoms with Crippen molar-refractivity contribution in [3.63, 3.8) is 0 Å². The van der Waals surface area contributed by atoms with Crippen LogP contribution in [0.3, 0.4) is 0 Å². The minimum Gasteiger partial charge on any atom is -0.311 e. The molecule has 4 unspecified atom stereocenters. The molecule has 16 heavy (non-hydrogen) atoms. The summed E-state index contributed by atoms with van der Waals surface area (Å²) in [6, 6.07) is 2.28. The van der Waals surface area contributed by atoms with Crippen molar-refractivity contribution in [1.82, 2.24) is 10.2 Å². The van der Waals surface area contributed by atoms with Gasteiger partial charge in [0, 0.05) is 31.2 Å². The first-order chi connectivity index (χ1) is 7.59. The van der Waals surface area contributed by atoms with Crippen LogP contribution in [0.1, 0.15) is 47.0 Å². The van der Waals surface area contributed by atoms with E-state index in [0.29, 0.717) is 6.04 Å². The second-order valence-corrected chi connectivity index (χ2v) is 6.28. The quantitative estimate of drug-likeness (QED) is 0.775. The van der Waals surface area contributed by atoms with Gasteiger partial charge in [0.05, 0.1) is 0 Å². The van der Waals surface area contributed by atoms with Gasteiger partial charge in [-0.1, -0.05) is 27.2 Å². The van der Waals surface area contributed by atoms with Gasteiger partial charge in [-0.05, 0) is 31.6 Å². The molecular weight excluding hydrogens is 196 g/mol. The molecule has 0 radical (unpaired) electrons. The molecule has 1 aliphatic carbocycles. The van der Waals surface area contributed by atoms with Crippen LogP contribution in [0.5, 0.6) is 0 Å².